The summed E-state index contributed by atoms with van der Waals surface area (Å²) in [5, 5.41) is 7.44. The van der Waals surface area contributed by atoms with E-state index in [9.17, 15) is 27.2 Å². The van der Waals surface area contributed by atoms with Crippen molar-refractivity contribution in [3.63, 3.8) is 0 Å². The highest BCUT2D eigenvalue weighted by molar-refractivity contribution is 6.04. The molecule has 1 aliphatic rings. The third kappa shape index (κ3) is 4.08. The molecule has 2 aromatic carbocycles. The van der Waals surface area contributed by atoms with Crippen LogP contribution in [0.4, 0.5) is 17.6 Å². The molecule has 4 rings (SSSR count). The molecule has 1 fully saturated rings. The van der Waals surface area contributed by atoms with E-state index >= 15 is 0 Å². The number of hydrogen-bond donors (Lipinski definition) is 2. The van der Waals surface area contributed by atoms with Gasteiger partial charge in [0.05, 0.1) is 11.3 Å². The average molecular weight is 436 g/mol. The van der Waals surface area contributed by atoms with Crippen LogP contribution < -0.4 is 11.1 Å². The van der Waals surface area contributed by atoms with Gasteiger partial charge in [-0.25, -0.2) is 13.9 Å². The van der Waals surface area contributed by atoms with Crippen molar-refractivity contribution in [1.82, 2.24) is 15.1 Å². The summed E-state index contributed by atoms with van der Waals surface area (Å²) in [6.07, 6.45) is -4.13. The lowest BCUT2D eigenvalue weighted by molar-refractivity contribution is -0.206. The monoisotopic (exact) mass is 436 g/mol. The van der Waals surface area contributed by atoms with Crippen LogP contribution in [-0.2, 0) is 9.53 Å². The van der Waals surface area contributed by atoms with Crippen LogP contribution in [0.25, 0.3) is 16.6 Å². The minimum Gasteiger partial charge on any atom is -0.439 e. The fraction of sp³-hybridized carbons (Fsp3) is 0.250. The molecule has 1 aliphatic heterocycles. The molecule has 0 spiro atoms. The van der Waals surface area contributed by atoms with Crippen LogP contribution in [0.15, 0.2) is 42.6 Å². The number of amides is 1. The van der Waals surface area contributed by atoms with Gasteiger partial charge >= 0.3 is 12.1 Å². The zero-order valence-electron chi connectivity index (χ0n) is 15.8. The number of nitrogens with two attached hydrogens (primary N) is 1. The standard InChI is InChI=1S/C20H16F4N4O3/c21-12-7-11-9-28(27-16(11)15(8-12)17(25)29)13-3-1-10(2-4-13)14-5-6-26-18(14)31-19(30)20(22,23)24/h1-4,7-9,14,18,26H,5-6H2,(H2,25,29). The van der Waals surface area contributed by atoms with Crippen molar-refractivity contribution in [2.75, 3.05) is 6.54 Å². The number of nitrogens with zero attached hydrogens (tertiary/aromatic N) is 2. The van der Waals surface area contributed by atoms with E-state index < -0.39 is 36.0 Å². The lowest BCUT2D eigenvalue weighted by Crippen LogP contribution is -2.37. The van der Waals surface area contributed by atoms with Gasteiger partial charge in [0.2, 0.25) is 0 Å². The molecule has 2 heterocycles. The zero-order chi connectivity index (χ0) is 22.3. The van der Waals surface area contributed by atoms with Gasteiger partial charge in [0.1, 0.15) is 11.3 Å². The van der Waals surface area contributed by atoms with Gasteiger partial charge in [0.15, 0.2) is 6.23 Å². The molecule has 0 saturated carbocycles. The van der Waals surface area contributed by atoms with Gasteiger partial charge in [-0.1, -0.05) is 12.1 Å². The highest BCUT2D eigenvalue weighted by Gasteiger charge is 2.44. The predicted molar refractivity (Wildman–Crippen MR) is 101 cm³/mol. The molecule has 1 aromatic heterocycles. The summed E-state index contributed by atoms with van der Waals surface area (Å²) < 4.78 is 57.2. The van der Waals surface area contributed by atoms with Gasteiger partial charge in [0.25, 0.3) is 5.91 Å². The summed E-state index contributed by atoms with van der Waals surface area (Å²) >= 11 is 0. The molecule has 0 radical (unpaired) electrons. The number of carbonyl (C=O) groups excluding carboxylic acids is 2. The Bertz CT molecular complexity index is 1160. The largest absolute Gasteiger partial charge is 0.490 e. The van der Waals surface area contributed by atoms with E-state index in [1.165, 1.54) is 16.9 Å². The molecule has 1 saturated heterocycles. The maximum atomic E-state index is 13.7. The van der Waals surface area contributed by atoms with Crippen LogP contribution >= 0.6 is 0 Å². The highest BCUT2D eigenvalue weighted by atomic mass is 19.4. The molecular formula is C20H16F4N4O3. The first-order chi connectivity index (χ1) is 14.6. The van der Waals surface area contributed by atoms with Crippen LogP contribution in [0.3, 0.4) is 0 Å². The van der Waals surface area contributed by atoms with Gasteiger partial charge in [-0.15, -0.1) is 0 Å². The maximum Gasteiger partial charge on any atom is 0.490 e. The quantitative estimate of drug-likeness (QED) is 0.484. The number of ether oxygens (including phenoxy) is 1. The van der Waals surface area contributed by atoms with Gasteiger partial charge in [-0.05, 0) is 42.8 Å². The van der Waals surface area contributed by atoms with E-state index in [2.05, 4.69) is 15.2 Å². The molecule has 162 valence electrons. The molecule has 3 N–H and O–H groups in total. The van der Waals surface area contributed by atoms with Crippen LogP contribution in [0, 0.1) is 5.82 Å². The number of aromatic nitrogens is 2. The Hall–Kier alpha value is -3.47. The molecule has 31 heavy (non-hydrogen) atoms. The molecule has 1 amide bonds. The van der Waals surface area contributed by atoms with Crippen molar-refractivity contribution >= 4 is 22.8 Å². The van der Waals surface area contributed by atoms with Crippen molar-refractivity contribution in [3.8, 4) is 5.69 Å². The van der Waals surface area contributed by atoms with Crippen molar-refractivity contribution in [2.45, 2.75) is 24.7 Å². The number of benzene rings is 2. The minimum absolute atomic E-state index is 0.0447. The normalized spacial score (nSPS) is 19.0. The van der Waals surface area contributed by atoms with Crippen molar-refractivity contribution in [2.24, 2.45) is 5.73 Å². The third-order valence-electron chi connectivity index (χ3n) is 5.06. The summed E-state index contributed by atoms with van der Waals surface area (Å²) in [7, 11) is 0. The Labute approximate surface area is 172 Å². The van der Waals surface area contributed by atoms with E-state index in [-0.39, 0.29) is 11.1 Å². The van der Waals surface area contributed by atoms with Crippen molar-refractivity contribution in [1.29, 1.82) is 0 Å². The number of alkyl halides is 3. The van der Waals surface area contributed by atoms with Gasteiger partial charge in [0, 0.05) is 17.5 Å². The van der Waals surface area contributed by atoms with Gasteiger partial charge in [-0.3, -0.25) is 10.1 Å². The number of primary amides is 1. The highest BCUT2D eigenvalue weighted by Crippen LogP contribution is 2.31. The topological polar surface area (TPSA) is 99.2 Å². The second-order valence-electron chi connectivity index (χ2n) is 7.09. The maximum absolute atomic E-state index is 13.7. The molecule has 2 unspecified atom stereocenters. The molecule has 7 nitrogen and oxygen atoms in total. The van der Waals surface area contributed by atoms with Crippen LogP contribution in [0.1, 0.15) is 28.3 Å². The Kier molecular flexibility index (Phi) is 5.13. The Morgan fingerprint density at radius 1 is 1.19 bits per heavy atom. The summed E-state index contributed by atoms with van der Waals surface area (Å²) in [5.41, 5.74) is 6.75. The van der Waals surface area contributed by atoms with E-state index in [4.69, 9.17) is 5.73 Å². The number of nitrogens with one attached hydrogen (secondary N) is 1. The van der Waals surface area contributed by atoms with E-state index in [1.807, 2.05) is 0 Å². The smallest absolute Gasteiger partial charge is 0.439 e. The lowest BCUT2D eigenvalue weighted by Gasteiger charge is -2.21. The minimum atomic E-state index is -5.07. The SMILES string of the molecule is NC(=O)c1cc(F)cc2cn(-c3ccc(C4CCNC4OC(=O)C(F)(F)F)cc3)nc12. The summed E-state index contributed by atoms with van der Waals surface area (Å²) in [6.45, 7) is 0.397. The van der Waals surface area contributed by atoms with E-state index in [1.54, 1.807) is 24.3 Å². The van der Waals surface area contributed by atoms with E-state index in [0.717, 1.165) is 6.07 Å². The first kappa shape index (κ1) is 20.8. The second-order valence-corrected chi connectivity index (χ2v) is 7.09. The molecule has 11 heteroatoms. The van der Waals surface area contributed by atoms with Gasteiger partial charge in [-0.2, -0.15) is 18.3 Å². The fourth-order valence-corrected chi connectivity index (χ4v) is 3.62. The third-order valence-corrected chi connectivity index (χ3v) is 5.06. The van der Waals surface area contributed by atoms with E-state index in [0.29, 0.717) is 29.6 Å². The zero-order valence-corrected chi connectivity index (χ0v) is 15.8. The number of carbonyl (C=O) groups is 2. The van der Waals surface area contributed by atoms with Crippen LogP contribution in [0.5, 0.6) is 0 Å². The average Bonchev–Trinajstić information content (AvgIpc) is 3.33. The second kappa shape index (κ2) is 7.65. The summed E-state index contributed by atoms with van der Waals surface area (Å²) in [5.74, 6) is -4.12. The molecule has 0 aliphatic carbocycles. The summed E-state index contributed by atoms with van der Waals surface area (Å²) in [6, 6.07) is 8.95. The predicted octanol–water partition coefficient (Wildman–Crippen LogP) is 2.77. The van der Waals surface area contributed by atoms with Crippen LogP contribution in [0.2, 0.25) is 0 Å². The van der Waals surface area contributed by atoms with Gasteiger partial charge < -0.3 is 10.5 Å². The Morgan fingerprint density at radius 3 is 2.55 bits per heavy atom. The summed E-state index contributed by atoms with van der Waals surface area (Å²) in [4.78, 5) is 22.7. The first-order valence-corrected chi connectivity index (χ1v) is 9.24. The Balaban J connectivity index is 1.59. The van der Waals surface area contributed by atoms with Crippen LogP contribution in [-0.4, -0.2) is 40.6 Å². The number of halogens is 4. The molecule has 2 atom stereocenters. The number of hydrogen-bond acceptors (Lipinski definition) is 5. The van der Waals surface area contributed by atoms with Crippen molar-refractivity contribution in [3.05, 3.63) is 59.5 Å². The molecule has 3 aromatic rings. The molecular weight excluding hydrogens is 420 g/mol. The number of rotatable bonds is 4. The first-order valence-electron chi connectivity index (χ1n) is 9.24. The Morgan fingerprint density at radius 2 is 1.90 bits per heavy atom. The lowest BCUT2D eigenvalue weighted by atomic mass is 9.96. The molecule has 0 bridgehead atoms. The fourth-order valence-electron chi connectivity index (χ4n) is 3.62. The number of fused-ring (bicyclic) bond motifs is 1. The number of esters is 1. The van der Waals surface area contributed by atoms with Crippen molar-refractivity contribution < 1.29 is 31.9 Å².